The number of rotatable bonds is 7. The van der Waals surface area contributed by atoms with E-state index in [1.807, 2.05) is 36.4 Å². The van der Waals surface area contributed by atoms with E-state index in [-0.39, 0.29) is 28.7 Å². The molecule has 0 amide bonds. The van der Waals surface area contributed by atoms with Crippen LogP contribution in [0.25, 0.3) is 0 Å². The minimum Gasteiger partial charge on any atom is -0.462 e. The Morgan fingerprint density at radius 3 is 2.62 bits per heavy atom. The molecule has 0 unspecified atom stereocenters. The van der Waals surface area contributed by atoms with Crippen LogP contribution in [0.2, 0.25) is 0 Å². The number of thiophene rings is 1. The summed E-state index contributed by atoms with van der Waals surface area (Å²) < 4.78 is 10.3. The molecule has 136 valence electrons. The van der Waals surface area contributed by atoms with Crippen LogP contribution in [-0.4, -0.2) is 23.8 Å². The van der Waals surface area contributed by atoms with Crippen molar-refractivity contribution in [2.24, 2.45) is 0 Å². The lowest BCUT2D eigenvalue weighted by Crippen LogP contribution is -2.17. The van der Waals surface area contributed by atoms with Gasteiger partial charge in [-0.1, -0.05) is 18.2 Å². The number of nitrogens with two attached hydrogens (primary N) is 1. The Morgan fingerprint density at radius 1 is 1.31 bits per heavy atom. The fourth-order valence-electron chi connectivity index (χ4n) is 2.12. The number of nitriles is 1. The number of thioether (sulfide) groups is 1. The summed E-state index contributed by atoms with van der Waals surface area (Å²) >= 11 is 2.33. The van der Waals surface area contributed by atoms with Gasteiger partial charge in [-0.15, -0.1) is 23.1 Å². The average Bonchev–Trinajstić information content (AvgIpc) is 2.96. The molecule has 6 nitrogen and oxygen atoms in total. The van der Waals surface area contributed by atoms with Gasteiger partial charge < -0.3 is 15.2 Å². The van der Waals surface area contributed by atoms with Crippen molar-refractivity contribution in [3.8, 4) is 6.07 Å². The van der Waals surface area contributed by atoms with Crippen LogP contribution in [-0.2, 0) is 20.9 Å². The number of hydrogen-bond acceptors (Lipinski definition) is 8. The normalized spacial score (nSPS) is 11.4. The summed E-state index contributed by atoms with van der Waals surface area (Å²) in [5.74, 6) is -1.02. The first kappa shape index (κ1) is 19.8. The predicted molar refractivity (Wildman–Crippen MR) is 101 cm³/mol. The Kier molecular flexibility index (Phi) is 7.06. The first-order chi connectivity index (χ1) is 12.5. The zero-order chi connectivity index (χ0) is 19.1. The first-order valence-electron chi connectivity index (χ1n) is 7.84. The second kappa shape index (κ2) is 9.27. The molecule has 0 saturated carbocycles. The van der Waals surface area contributed by atoms with Crippen molar-refractivity contribution in [3.63, 3.8) is 0 Å². The molecule has 8 heteroatoms. The Bertz CT molecular complexity index is 828. The van der Waals surface area contributed by atoms with Crippen molar-refractivity contribution in [2.75, 3.05) is 12.3 Å². The smallest absolute Gasteiger partial charge is 0.348 e. The lowest BCUT2D eigenvalue weighted by Gasteiger charge is -2.12. The van der Waals surface area contributed by atoms with Gasteiger partial charge >= 0.3 is 11.9 Å². The van der Waals surface area contributed by atoms with Gasteiger partial charge in [-0.25, -0.2) is 4.79 Å². The number of anilines is 1. The molecule has 2 N–H and O–H groups in total. The number of carbonyl (C=O) groups is 2. The molecule has 1 aromatic heterocycles. The third-order valence-electron chi connectivity index (χ3n) is 3.35. The molecule has 0 aliphatic heterocycles. The second-order valence-corrected chi connectivity index (χ2v) is 7.63. The maximum atomic E-state index is 12.3. The van der Waals surface area contributed by atoms with Crippen LogP contribution >= 0.6 is 23.1 Å². The van der Waals surface area contributed by atoms with Crippen LogP contribution in [0.4, 0.5) is 5.00 Å². The van der Waals surface area contributed by atoms with Gasteiger partial charge in [0.25, 0.3) is 0 Å². The Morgan fingerprint density at radius 2 is 2.00 bits per heavy atom. The van der Waals surface area contributed by atoms with Crippen molar-refractivity contribution in [3.05, 3.63) is 46.3 Å². The molecule has 2 rings (SSSR count). The molecule has 0 saturated heterocycles. The monoisotopic (exact) mass is 390 g/mol. The molecular formula is C18H18N2O4S2. The fourth-order valence-corrected chi connectivity index (χ4v) is 3.92. The van der Waals surface area contributed by atoms with E-state index in [2.05, 4.69) is 0 Å². The van der Waals surface area contributed by atoms with Crippen LogP contribution in [0.15, 0.2) is 35.2 Å². The molecule has 1 atom stereocenters. The van der Waals surface area contributed by atoms with Crippen molar-refractivity contribution >= 4 is 40.0 Å². The zero-order valence-electron chi connectivity index (χ0n) is 14.4. The van der Waals surface area contributed by atoms with Gasteiger partial charge in [0.15, 0.2) is 0 Å². The fraction of sp³-hybridized carbons (Fsp3) is 0.278. The van der Waals surface area contributed by atoms with Crippen molar-refractivity contribution in [2.45, 2.75) is 30.6 Å². The highest BCUT2D eigenvalue weighted by Crippen LogP contribution is 2.32. The number of benzene rings is 1. The quantitative estimate of drug-likeness (QED) is 0.569. The third kappa shape index (κ3) is 4.77. The predicted octanol–water partition coefficient (Wildman–Crippen LogP) is 3.60. The maximum absolute atomic E-state index is 12.3. The largest absolute Gasteiger partial charge is 0.462 e. The van der Waals surface area contributed by atoms with Crippen molar-refractivity contribution in [1.82, 2.24) is 0 Å². The van der Waals surface area contributed by atoms with Crippen molar-refractivity contribution < 1.29 is 19.1 Å². The van der Waals surface area contributed by atoms with Crippen molar-refractivity contribution in [1.29, 1.82) is 5.26 Å². The van der Waals surface area contributed by atoms with Crippen LogP contribution in [0.3, 0.4) is 0 Å². The number of ether oxygens (including phenoxy) is 2. The minimum absolute atomic E-state index is 0.147. The van der Waals surface area contributed by atoms with Gasteiger partial charge in [0.05, 0.1) is 12.2 Å². The van der Waals surface area contributed by atoms with E-state index >= 15 is 0 Å². The summed E-state index contributed by atoms with van der Waals surface area (Å²) in [5.41, 5.74) is 6.24. The molecule has 0 fully saturated rings. The number of nitrogen functional groups attached to an aromatic ring is 1. The summed E-state index contributed by atoms with van der Waals surface area (Å²) in [6, 6.07) is 11.4. The molecule has 0 aliphatic carbocycles. The van der Waals surface area contributed by atoms with E-state index in [0.29, 0.717) is 5.56 Å². The van der Waals surface area contributed by atoms with Gasteiger partial charge in [0.2, 0.25) is 0 Å². The maximum Gasteiger partial charge on any atom is 0.348 e. The molecule has 26 heavy (non-hydrogen) atoms. The molecule has 2 aromatic rings. The number of hydrogen-bond donors (Lipinski definition) is 1. The molecule has 1 aromatic carbocycles. The molecular weight excluding hydrogens is 372 g/mol. The molecule has 0 bridgehead atoms. The second-order valence-electron chi connectivity index (χ2n) is 5.16. The highest BCUT2D eigenvalue weighted by atomic mass is 32.2. The molecule has 0 spiro atoms. The van der Waals surface area contributed by atoms with Gasteiger partial charge in [-0.3, -0.25) is 4.79 Å². The number of esters is 2. The van der Waals surface area contributed by atoms with Gasteiger partial charge in [-0.05, 0) is 26.0 Å². The third-order valence-corrected chi connectivity index (χ3v) is 5.49. The minimum atomic E-state index is -0.580. The summed E-state index contributed by atoms with van der Waals surface area (Å²) in [5, 5.41) is 9.04. The van der Waals surface area contributed by atoms with Crippen LogP contribution in [0, 0.1) is 11.3 Å². The van der Waals surface area contributed by atoms with E-state index < -0.39 is 17.2 Å². The van der Waals surface area contributed by atoms with E-state index in [1.54, 1.807) is 13.8 Å². The number of nitrogens with zero attached hydrogens (tertiary/aromatic N) is 1. The van der Waals surface area contributed by atoms with Crippen LogP contribution < -0.4 is 5.73 Å². The van der Waals surface area contributed by atoms with Crippen LogP contribution in [0.5, 0.6) is 0 Å². The molecule has 1 heterocycles. The standard InChI is InChI=1S/C18H18N2O4S2/c1-3-23-18(22)15-14(13(9-19)16(20)26-15)10-24-17(21)11(2)25-12-7-5-4-6-8-12/h4-8,11H,3,10,20H2,1-2H3/t11-/m1/s1. The van der Waals surface area contributed by atoms with Gasteiger partial charge in [-0.2, -0.15) is 5.26 Å². The SMILES string of the molecule is CCOC(=O)c1sc(N)c(C#N)c1COC(=O)[C@@H](C)Sc1ccccc1. The lowest BCUT2D eigenvalue weighted by molar-refractivity contribution is -0.143. The van der Waals surface area contributed by atoms with Gasteiger partial charge in [0, 0.05) is 10.5 Å². The van der Waals surface area contributed by atoms with E-state index in [0.717, 1.165) is 16.2 Å². The topological polar surface area (TPSA) is 102 Å². The van der Waals surface area contributed by atoms with E-state index in [9.17, 15) is 14.9 Å². The van der Waals surface area contributed by atoms with Crippen LogP contribution in [0.1, 0.15) is 34.6 Å². The summed E-state index contributed by atoms with van der Waals surface area (Å²) in [4.78, 5) is 25.4. The average molecular weight is 390 g/mol. The Hall–Kier alpha value is -2.50. The summed E-state index contributed by atoms with van der Waals surface area (Å²) in [6.07, 6.45) is 0. The number of carbonyl (C=O) groups excluding carboxylic acids is 2. The first-order valence-corrected chi connectivity index (χ1v) is 9.54. The Labute approximate surface area is 159 Å². The molecule has 0 aliphatic rings. The zero-order valence-corrected chi connectivity index (χ0v) is 16.0. The lowest BCUT2D eigenvalue weighted by atomic mass is 10.1. The van der Waals surface area contributed by atoms with Gasteiger partial charge in [0.1, 0.15) is 27.8 Å². The van der Waals surface area contributed by atoms with E-state index in [1.165, 1.54) is 11.8 Å². The van der Waals surface area contributed by atoms with E-state index in [4.69, 9.17) is 15.2 Å². The molecule has 0 radical (unpaired) electrons. The summed E-state index contributed by atoms with van der Waals surface area (Å²) in [7, 11) is 0. The summed E-state index contributed by atoms with van der Waals surface area (Å²) in [6.45, 7) is 3.41. The highest BCUT2D eigenvalue weighted by molar-refractivity contribution is 8.00. The Balaban J connectivity index is 2.09. The highest BCUT2D eigenvalue weighted by Gasteiger charge is 2.25.